The fourth-order valence-electron chi connectivity index (χ4n) is 3.51. The number of hydrogen-bond donors (Lipinski definition) is 0. The van der Waals surface area contributed by atoms with Crippen LogP contribution in [0.5, 0.6) is 0 Å². The number of ether oxygens (including phenoxy) is 1. The molecule has 0 radical (unpaired) electrons. The minimum atomic E-state index is -3.81. The summed E-state index contributed by atoms with van der Waals surface area (Å²) in [5.74, 6) is -0.595. The third kappa shape index (κ3) is 3.73. The molecule has 6 nitrogen and oxygen atoms in total. The Hall–Kier alpha value is -3.19. The quantitative estimate of drug-likeness (QED) is 0.603. The molecular weight excluding hydrogens is 388 g/mol. The van der Waals surface area contributed by atoms with Crippen molar-refractivity contribution in [3.05, 3.63) is 89.7 Å². The predicted molar refractivity (Wildman–Crippen MR) is 109 cm³/mol. The van der Waals surface area contributed by atoms with Gasteiger partial charge in [0.05, 0.1) is 21.8 Å². The van der Waals surface area contributed by atoms with Gasteiger partial charge in [-0.1, -0.05) is 30.3 Å². The minimum Gasteiger partial charge on any atom is -0.456 e. The molecule has 1 unspecified atom stereocenters. The summed E-state index contributed by atoms with van der Waals surface area (Å²) in [5, 5.41) is 0. The van der Waals surface area contributed by atoms with Gasteiger partial charge in [-0.3, -0.25) is 9.29 Å². The SMILES string of the molecule is CC1Cc2ccccc2N1S(=O)(=O)c1cccc(C(=O)OCc2ccccn2)c1. The van der Waals surface area contributed by atoms with E-state index in [1.807, 2.05) is 25.1 Å². The second-order valence-electron chi connectivity index (χ2n) is 6.91. The molecule has 1 aromatic heterocycles. The molecule has 0 N–H and O–H groups in total. The first kappa shape index (κ1) is 19.1. The smallest absolute Gasteiger partial charge is 0.338 e. The topological polar surface area (TPSA) is 76.6 Å². The molecule has 29 heavy (non-hydrogen) atoms. The normalized spacial score (nSPS) is 15.8. The number of anilines is 1. The van der Waals surface area contributed by atoms with Gasteiger partial charge < -0.3 is 4.74 Å². The average molecular weight is 408 g/mol. The van der Waals surface area contributed by atoms with Crippen molar-refractivity contribution < 1.29 is 17.9 Å². The van der Waals surface area contributed by atoms with Crippen molar-refractivity contribution in [1.82, 2.24) is 4.98 Å². The largest absolute Gasteiger partial charge is 0.456 e. The first-order valence-electron chi connectivity index (χ1n) is 9.26. The number of rotatable bonds is 5. The van der Waals surface area contributed by atoms with E-state index >= 15 is 0 Å². The van der Waals surface area contributed by atoms with Crippen LogP contribution in [0.3, 0.4) is 0 Å². The molecule has 0 saturated heterocycles. The van der Waals surface area contributed by atoms with Gasteiger partial charge in [-0.15, -0.1) is 0 Å². The van der Waals surface area contributed by atoms with Gasteiger partial charge in [0.15, 0.2) is 0 Å². The van der Waals surface area contributed by atoms with E-state index < -0.39 is 16.0 Å². The number of carbonyl (C=O) groups is 1. The number of hydrogen-bond acceptors (Lipinski definition) is 5. The van der Waals surface area contributed by atoms with E-state index in [1.165, 1.54) is 16.4 Å². The fraction of sp³-hybridized carbons (Fsp3) is 0.182. The van der Waals surface area contributed by atoms with Crippen molar-refractivity contribution in [2.45, 2.75) is 30.9 Å². The highest BCUT2D eigenvalue weighted by Crippen LogP contribution is 2.36. The summed E-state index contributed by atoms with van der Waals surface area (Å²) in [5.41, 5.74) is 2.48. The van der Waals surface area contributed by atoms with Crippen LogP contribution < -0.4 is 4.31 Å². The minimum absolute atomic E-state index is 0.0210. The molecule has 0 aliphatic carbocycles. The Bertz CT molecular complexity index is 1150. The summed E-state index contributed by atoms with van der Waals surface area (Å²) in [6.45, 7) is 1.90. The molecule has 148 valence electrons. The van der Waals surface area contributed by atoms with Crippen LogP contribution in [0.4, 0.5) is 5.69 Å². The van der Waals surface area contributed by atoms with Crippen molar-refractivity contribution in [1.29, 1.82) is 0 Å². The first-order chi connectivity index (χ1) is 14.0. The Morgan fingerprint density at radius 2 is 1.90 bits per heavy atom. The summed E-state index contributed by atoms with van der Waals surface area (Å²) in [6.07, 6.45) is 2.27. The second-order valence-corrected chi connectivity index (χ2v) is 8.72. The van der Waals surface area contributed by atoms with E-state index in [9.17, 15) is 13.2 Å². The maximum atomic E-state index is 13.3. The van der Waals surface area contributed by atoms with Crippen LogP contribution in [0, 0.1) is 0 Å². The Morgan fingerprint density at radius 3 is 2.69 bits per heavy atom. The lowest BCUT2D eigenvalue weighted by Crippen LogP contribution is -2.35. The molecule has 1 aliphatic rings. The van der Waals surface area contributed by atoms with Gasteiger partial charge in [-0.05, 0) is 55.3 Å². The predicted octanol–water partition coefficient (Wildman–Crippen LogP) is 3.58. The number of nitrogens with zero attached hydrogens (tertiary/aromatic N) is 2. The lowest BCUT2D eigenvalue weighted by Gasteiger charge is -2.24. The number of sulfonamides is 1. The molecule has 4 rings (SSSR count). The summed E-state index contributed by atoms with van der Waals surface area (Å²) >= 11 is 0. The van der Waals surface area contributed by atoms with Gasteiger partial charge in [0.2, 0.25) is 0 Å². The zero-order chi connectivity index (χ0) is 20.4. The van der Waals surface area contributed by atoms with Crippen LogP contribution >= 0.6 is 0 Å². The molecule has 3 aromatic rings. The van der Waals surface area contributed by atoms with E-state index in [4.69, 9.17) is 4.74 Å². The molecule has 2 aromatic carbocycles. The first-order valence-corrected chi connectivity index (χ1v) is 10.7. The third-order valence-corrected chi connectivity index (χ3v) is 6.77. The van der Waals surface area contributed by atoms with E-state index in [0.717, 1.165) is 5.56 Å². The highest BCUT2D eigenvalue weighted by atomic mass is 32.2. The average Bonchev–Trinajstić information content (AvgIpc) is 3.09. The Balaban J connectivity index is 1.59. The maximum absolute atomic E-state index is 13.3. The van der Waals surface area contributed by atoms with Crippen LogP contribution in [-0.2, 0) is 27.8 Å². The van der Waals surface area contributed by atoms with Crippen LogP contribution in [0.2, 0.25) is 0 Å². The number of carbonyl (C=O) groups excluding carboxylic acids is 1. The Kier molecular flexibility index (Phi) is 5.07. The summed E-state index contributed by atoms with van der Waals surface area (Å²) < 4.78 is 33.4. The molecule has 0 amide bonds. The lowest BCUT2D eigenvalue weighted by atomic mass is 10.1. The number of esters is 1. The zero-order valence-electron chi connectivity index (χ0n) is 15.9. The van der Waals surface area contributed by atoms with Crippen molar-refractivity contribution >= 4 is 21.7 Å². The van der Waals surface area contributed by atoms with Crippen LogP contribution in [0.15, 0.2) is 77.8 Å². The van der Waals surface area contributed by atoms with Gasteiger partial charge >= 0.3 is 5.97 Å². The molecule has 1 aliphatic heterocycles. The van der Waals surface area contributed by atoms with Crippen LogP contribution in [0.25, 0.3) is 0 Å². The number of benzene rings is 2. The number of aromatic nitrogens is 1. The summed E-state index contributed by atoms with van der Waals surface area (Å²) in [6, 6.07) is 18.6. The number of pyridine rings is 1. The molecule has 1 atom stereocenters. The van der Waals surface area contributed by atoms with E-state index in [0.29, 0.717) is 17.8 Å². The van der Waals surface area contributed by atoms with Gasteiger partial charge in [0.1, 0.15) is 6.61 Å². The fourth-order valence-corrected chi connectivity index (χ4v) is 5.25. The molecule has 2 heterocycles. The van der Waals surface area contributed by atoms with Gasteiger partial charge in [0.25, 0.3) is 10.0 Å². The van der Waals surface area contributed by atoms with E-state index in [2.05, 4.69) is 4.98 Å². The van der Waals surface area contributed by atoms with E-state index in [1.54, 1.807) is 42.6 Å². The van der Waals surface area contributed by atoms with E-state index in [-0.39, 0.29) is 23.1 Å². The van der Waals surface area contributed by atoms with Gasteiger partial charge in [0, 0.05) is 12.2 Å². The van der Waals surface area contributed by atoms with Crippen LogP contribution in [-0.4, -0.2) is 25.4 Å². The molecular formula is C22H20N2O4S. The van der Waals surface area contributed by atoms with Crippen molar-refractivity contribution in [2.24, 2.45) is 0 Å². The monoisotopic (exact) mass is 408 g/mol. The maximum Gasteiger partial charge on any atom is 0.338 e. The Labute approximate surface area is 169 Å². The third-order valence-electron chi connectivity index (χ3n) is 4.85. The van der Waals surface area contributed by atoms with Crippen LogP contribution in [0.1, 0.15) is 28.5 Å². The Morgan fingerprint density at radius 1 is 1.10 bits per heavy atom. The standard InChI is InChI=1S/C22H20N2O4S/c1-16-13-17-7-2-3-11-21(17)24(16)29(26,27)20-10-6-8-18(14-20)22(25)28-15-19-9-4-5-12-23-19/h2-12,14,16H,13,15H2,1H3. The zero-order valence-corrected chi connectivity index (χ0v) is 16.7. The number of fused-ring (bicyclic) bond motifs is 1. The second kappa shape index (κ2) is 7.67. The summed E-state index contributed by atoms with van der Waals surface area (Å²) in [7, 11) is -3.81. The number of para-hydroxylation sites is 1. The molecule has 0 fully saturated rings. The van der Waals surface area contributed by atoms with Crippen molar-refractivity contribution in [2.75, 3.05) is 4.31 Å². The van der Waals surface area contributed by atoms with Crippen molar-refractivity contribution in [3.8, 4) is 0 Å². The van der Waals surface area contributed by atoms with Crippen molar-refractivity contribution in [3.63, 3.8) is 0 Å². The van der Waals surface area contributed by atoms with Gasteiger partial charge in [-0.25, -0.2) is 13.2 Å². The molecule has 0 spiro atoms. The summed E-state index contributed by atoms with van der Waals surface area (Å²) in [4.78, 5) is 16.6. The van der Waals surface area contributed by atoms with Gasteiger partial charge in [-0.2, -0.15) is 0 Å². The molecule has 0 bridgehead atoms. The highest BCUT2D eigenvalue weighted by Gasteiger charge is 2.36. The molecule has 0 saturated carbocycles. The lowest BCUT2D eigenvalue weighted by molar-refractivity contribution is 0.0467. The molecule has 7 heteroatoms. The highest BCUT2D eigenvalue weighted by molar-refractivity contribution is 7.92.